The van der Waals surface area contributed by atoms with E-state index in [2.05, 4.69) is 0 Å². The maximum atomic E-state index is 12.1. The highest BCUT2D eigenvalue weighted by Gasteiger charge is 2.37. The maximum absolute atomic E-state index is 12.1. The van der Waals surface area contributed by atoms with Crippen molar-refractivity contribution < 1.29 is 14.3 Å². The van der Waals surface area contributed by atoms with E-state index >= 15 is 0 Å². The van der Waals surface area contributed by atoms with Crippen LogP contribution < -0.4 is 0 Å². The lowest BCUT2D eigenvalue weighted by Gasteiger charge is -2.24. The second-order valence-corrected chi connectivity index (χ2v) is 6.21. The molecule has 1 fully saturated rings. The third-order valence-corrected chi connectivity index (χ3v) is 3.28. The SMILES string of the molecule is CC(C)(C)OC(=O)[C@H]1OCC[C@@H]1c1ccc(Cl)cc1. The molecule has 0 aromatic heterocycles. The highest BCUT2D eigenvalue weighted by Crippen LogP contribution is 2.33. The molecule has 2 rings (SSSR count). The fourth-order valence-corrected chi connectivity index (χ4v) is 2.36. The van der Waals surface area contributed by atoms with E-state index in [-0.39, 0.29) is 11.9 Å². The van der Waals surface area contributed by atoms with Gasteiger partial charge in [-0.15, -0.1) is 0 Å². The first-order chi connectivity index (χ1) is 8.87. The van der Waals surface area contributed by atoms with Gasteiger partial charge in [0.15, 0.2) is 6.10 Å². The zero-order chi connectivity index (χ0) is 14.0. The van der Waals surface area contributed by atoms with Crippen LogP contribution in [0.1, 0.15) is 38.7 Å². The van der Waals surface area contributed by atoms with Crippen molar-refractivity contribution in [3.63, 3.8) is 0 Å². The minimum atomic E-state index is -0.514. The normalized spacial score (nSPS) is 23.4. The molecule has 0 amide bonds. The first kappa shape index (κ1) is 14.4. The van der Waals surface area contributed by atoms with E-state index in [4.69, 9.17) is 21.1 Å². The van der Waals surface area contributed by atoms with Gasteiger partial charge < -0.3 is 9.47 Å². The maximum Gasteiger partial charge on any atom is 0.336 e. The fraction of sp³-hybridized carbons (Fsp3) is 0.533. The van der Waals surface area contributed by atoms with E-state index in [0.717, 1.165) is 12.0 Å². The summed E-state index contributed by atoms with van der Waals surface area (Å²) in [5.41, 5.74) is 0.575. The monoisotopic (exact) mass is 282 g/mol. The fourth-order valence-electron chi connectivity index (χ4n) is 2.23. The Morgan fingerprint density at radius 2 is 1.95 bits per heavy atom. The molecule has 0 unspecified atom stereocenters. The molecule has 2 atom stereocenters. The molecule has 1 aliphatic rings. The lowest BCUT2D eigenvalue weighted by molar-refractivity contribution is -0.166. The summed E-state index contributed by atoms with van der Waals surface area (Å²) < 4.78 is 11.0. The van der Waals surface area contributed by atoms with Gasteiger partial charge >= 0.3 is 5.97 Å². The van der Waals surface area contributed by atoms with Crippen LogP contribution in [-0.4, -0.2) is 24.3 Å². The lowest BCUT2D eigenvalue weighted by Crippen LogP contribution is -2.34. The average molecular weight is 283 g/mol. The number of benzene rings is 1. The van der Waals surface area contributed by atoms with Crippen molar-refractivity contribution >= 4 is 17.6 Å². The van der Waals surface area contributed by atoms with Gasteiger partial charge in [-0.3, -0.25) is 0 Å². The van der Waals surface area contributed by atoms with E-state index in [0.29, 0.717) is 11.6 Å². The summed E-state index contributed by atoms with van der Waals surface area (Å²) in [6, 6.07) is 7.56. The van der Waals surface area contributed by atoms with E-state index in [1.54, 1.807) is 0 Å². The molecule has 0 radical (unpaired) electrons. The summed E-state index contributed by atoms with van der Waals surface area (Å²) in [5, 5.41) is 0.691. The van der Waals surface area contributed by atoms with Gasteiger partial charge in [0.1, 0.15) is 5.60 Å². The quantitative estimate of drug-likeness (QED) is 0.778. The van der Waals surface area contributed by atoms with Crippen molar-refractivity contribution in [2.75, 3.05) is 6.61 Å². The smallest absolute Gasteiger partial charge is 0.336 e. The molecule has 1 aromatic carbocycles. The van der Waals surface area contributed by atoms with Crippen LogP contribution in [-0.2, 0) is 14.3 Å². The average Bonchev–Trinajstić information content (AvgIpc) is 2.76. The van der Waals surface area contributed by atoms with Gasteiger partial charge in [0.05, 0.1) is 0 Å². The van der Waals surface area contributed by atoms with Gasteiger partial charge in [-0.1, -0.05) is 23.7 Å². The number of ether oxygens (including phenoxy) is 2. The number of rotatable bonds is 2. The minimum absolute atomic E-state index is 0.0483. The molecule has 0 bridgehead atoms. The van der Waals surface area contributed by atoms with Crippen LogP contribution in [0.5, 0.6) is 0 Å². The van der Waals surface area contributed by atoms with Crippen molar-refractivity contribution in [1.29, 1.82) is 0 Å². The predicted octanol–water partition coefficient (Wildman–Crippen LogP) is 3.55. The van der Waals surface area contributed by atoms with Crippen LogP contribution in [0.4, 0.5) is 0 Å². The molecule has 104 valence electrons. The topological polar surface area (TPSA) is 35.5 Å². The molecule has 0 aliphatic carbocycles. The highest BCUT2D eigenvalue weighted by atomic mass is 35.5. The molecule has 1 saturated heterocycles. The molecule has 3 nitrogen and oxygen atoms in total. The second kappa shape index (κ2) is 5.51. The number of carbonyl (C=O) groups is 1. The third-order valence-electron chi connectivity index (χ3n) is 3.03. The number of hydrogen-bond acceptors (Lipinski definition) is 3. The standard InChI is InChI=1S/C15H19ClO3/c1-15(2,3)19-14(17)13-12(8-9-18-13)10-4-6-11(16)7-5-10/h4-7,12-13H,8-9H2,1-3H3/t12-,13+/m1/s1. The van der Waals surface area contributed by atoms with Crippen LogP contribution in [0.15, 0.2) is 24.3 Å². The Bertz CT molecular complexity index is 447. The van der Waals surface area contributed by atoms with Gasteiger partial charge in [-0.05, 0) is 44.9 Å². The van der Waals surface area contributed by atoms with Gasteiger partial charge in [-0.25, -0.2) is 4.79 Å². The number of halogens is 1. The largest absolute Gasteiger partial charge is 0.458 e. The molecule has 0 saturated carbocycles. The summed E-state index contributed by atoms with van der Waals surface area (Å²) in [6.45, 7) is 6.16. The predicted molar refractivity (Wildman–Crippen MR) is 74.4 cm³/mol. The molecule has 1 heterocycles. The van der Waals surface area contributed by atoms with E-state index in [1.165, 1.54) is 0 Å². The molecule has 4 heteroatoms. The number of hydrogen-bond donors (Lipinski definition) is 0. The summed E-state index contributed by atoms with van der Waals surface area (Å²) in [7, 11) is 0. The first-order valence-corrected chi connectivity index (χ1v) is 6.84. The second-order valence-electron chi connectivity index (χ2n) is 5.77. The first-order valence-electron chi connectivity index (χ1n) is 6.47. The Morgan fingerprint density at radius 1 is 1.32 bits per heavy atom. The van der Waals surface area contributed by atoms with Crippen LogP contribution in [0.3, 0.4) is 0 Å². The van der Waals surface area contributed by atoms with Gasteiger partial charge in [0.25, 0.3) is 0 Å². The van der Waals surface area contributed by atoms with E-state index in [1.807, 2.05) is 45.0 Å². The van der Waals surface area contributed by atoms with E-state index in [9.17, 15) is 4.79 Å². The molecule has 1 aliphatic heterocycles. The Hall–Kier alpha value is -1.06. The van der Waals surface area contributed by atoms with Crippen molar-refractivity contribution in [2.45, 2.75) is 44.8 Å². The molecule has 19 heavy (non-hydrogen) atoms. The molecule has 1 aromatic rings. The third kappa shape index (κ3) is 3.71. The van der Waals surface area contributed by atoms with Crippen LogP contribution in [0.2, 0.25) is 5.02 Å². The molecule has 0 N–H and O–H groups in total. The van der Waals surface area contributed by atoms with Crippen molar-refractivity contribution in [3.05, 3.63) is 34.9 Å². The summed E-state index contributed by atoms with van der Waals surface area (Å²) in [4.78, 5) is 12.1. The van der Waals surface area contributed by atoms with Crippen molar-refractivity contribution in [3.8, 4) is 0 Å². The molecular weight excluding hydrogens is 264 g/mol. The lowest BCUT2D eigenvalue weighted by atomic mass is 9.92. The Balaban J connectivity index is 2.12. The zero-order valence-corrected chi connectivity index (χ0v) is 12.2. The zero-order valence-electron chi connectivity index (χ0n) is 11.5. The Labute approximate surface area is 118 Å². The Morgan fingerprint density at radius 3 is 2.53 bits per heavy atom. The number of esters is 1. The van der Waals surface area contributed by atoms with Gasteiger partial charge in [0.2, 0.25) is 0 Å². The Kier molecular flexibility index (Phi) is 4.16. The van der Waals surface area contributed by atoms with E-state index < -0.39 is 11.7 Å². The van der Waals surface area contributed by atoms with Crippen LogP contribution >= 0.6 is 11.6 Å². The van der Waals surface area contributed by atoms with Crippen LogP contribution in [0.25, 0.3) is 0 Å². The highest BCUT2D eigenvalue weighted by molar-refractivity contribution is 6.30. The van der Waals surface area contributed by atoms with Crippen molar-refractivity contribution in [1.82, 2.24) is 0 Å². The summed E-state index contributed by atoms with van der Waals surface area (Å²) >= 11 is 5.88. The summed E-state index contributed by atoms with van der Waals surface area (Å²) in [6.07, 6.45) is 0.311. The molecular formula is C15H19ClO3. The van der Waals surface area contributed by atoms with Crippen LogP contribution in [0, 0.1) is 0 Å². The minimum Gasteiger partial charge on any atom is -0.458 e. The van der Waals surface area contributed by atoms with Crippen molar-refractivity contribution in [2.24, 2.45) is 0 Å². The molecule has 0 spiro atoms. The number of carbonyl (C=O) groups excluding carboxylic acids is 1. The van der Waals surface area contributed by atoms with Gasteiger partial charge in [-0.2, -0.15) is 0 Å². The summed E-state index contributed by atoms with van der Waals surface area (Å²) in [5.74, 6) is -0.239. The van der Waals surface area contributed by atoms with Gasteiger partial charge in [0, 0.05) is 17.5 Å².